The molecule has 0 aliphatic heterocycles. The van der Waals surface area contributed by atoms with Crippen LogP contribution in [-0.4, -0.2) is 19.7 Å². The fraction of sp³-hybridized carbons (Fsp3) is 0.0833. The summed E-state index contributed by atoms with van der Waals surface area (Å²) in [5, 5.41) is 5.64. The molecule has 0 radical (unpaired) electrons. The average molecular weight is 479 g/mol. The van der Waals surface area contributed by atoms with Crippen molar-refractivity contribution in [3.05, 3.63) is 105 Å². The van der Waals surface area contributed by atoms with Gasteiger partial charge < -0.3 is 4.52 Å². The van der Waals surface area contributed by atoms with Gasteiger partial charge in [-0.05, 0) is 42.0 Å². The Kier molecular flexibility index (Phi) is 5.93. The van der Waals surface area contributed by atoms with Gasteiger partial charge in [0.05, 0.1) is 23.2 Å². The molecule has 6 nitrogen and oxygen atoms in total. The van der Waals surface area contributed by atoms with E-state index < -0.39 is 0 Å². The quantitative estimate of drug-likeness (QED) is 0.234. The largest absolute Gasteiger partial charge is 0.338 e. The predicted molar refractivity (Wildman–Crippen MR) is 126 cm³/mol. The van der Waals surface area contributed by atoms with E-state index in [4.69, 9.17) is 21.1 Å². The number of thioether (sulfide) groups is 1. The van der Waals surface area contributed by atoms with E-state index in [0.29, 0.717) is 50.7 Å². The van der Waals surface area contributed by atoms with Gasteiger partial charge in [0.1, 0.15) is 5.82 Å². The van der Waals surface area contributed by atoms with Crippen molar-refractivity contribution in [2.45, 2.75) is 17.5 Å². The predicted octanol–water partition coefficient (Wildman–Crippen LogP) is 5.58. The van der Waals surface area contributed by atoms with Gasteiger partial charge in [0.25, 0.3) is 5.56 Å². The molecule has 0 bridgehead atoms. The van der Waals surface area contributed by atoms with Crippen LogP contribution in [0.5, 0.6) is 0 Å². The Morgan fingerprint density at radius 2 is 1.82 bits per heavy atom. The van der Waals surface area contributed by atoms with Crippen molar-refractivity contribution in [3.8, 4) is 11.4 Å². The highest BCUT2D eigenvalue weighted by Crippen LogP contribution is 2.24. The number of benzene rings is 3. The number of halogens is 2. The van der Waals surface area contributed by atoms with E-state index in [2.05, 4.69) is 10.1 Å². The normalized spacial score (nSPS) is 11.2. The molecule has 2 aromatic heterocycles. The average Bonchev–Trinajstić information content (AvgIpc) is 3.30. The Balaban J connectivity index is 1.46. The SMILES string of the molecule is O=c1c2ccccc2nc(SCc2nc(-c3cccc(F)c3)no2)n1Cc1ccc(Cl)cc1. The summed E-state index contributed by atoms with van der Waals surface area (Å²) in [7, 11) is 0. The minimum Gasteiger partial charge on any atom is -0.338 e. The van der Waals surface area contributed by atoms with Crippen LogP contribution in [0.15, 0.2) is 87.3 Å². The molecule has 33 heavy (non-hydrogen) atoms. The zero-order chi connectivity index (χ0) is 22.8. The van der Waals surface area contributed by atoms with Crippen LogP contribution in [0.2, 0.25) is 5.02 Å². The minimum absolute atomic E-state index is 0.135. The highest BCUT2D eigenvalue weighted by molar-refractivity contribution is 7.98. The van der Waals surface area contributed by atoms with Gasteiger partial charge in [0.15, 0.2) is 5.16 Å². The fourth-order valence-electron chi connectivity index (χ4n) is 3.35. The fourth-order valence-corrected chi connectivity index (χ4v) is 4.32. The lowest BCUT2D eigenvalue weighted by Gasteiger charge is -2.13. The molecule has 0 spiro atoms. The van der Waals surface area contributed by atoms with Crippen LogP contribution in [0, 0.1) is 5.82 Å². The summed E-state index contributed by atoms with van der Waals surface area (Å²) < 4.78 is 20.5. The van der Waals surface area contributed by atoms with E-state index in [1.807, 2.05) is 30.3 Å². The van der Waals surface area contributed by atoms with E-state index in [1.165, 1.54) is 23.9 Å². The lowest BCUT2D eigenvalue weighted by molar-refractivity contribution is 0.391. The van der Waals surface area contributed by atoms with Crippen LogP contribution in [0.25, 0.3) is 22.3 Å². The number of aromatic nitrogens is 4. The Labute approximate surface area is 197 Å². The minimum atomic E-state index is -0.375. The van der Waals surface area contributed by atoms with Crippen molar-refractivity contribution in [3.63, 3.8) is 0 Å². The summed E-state index contributed by atoms with van der Waals surface area (Å²) in [5.74, 6) is 0.572. The number of rotatable bonds is 6. The molecule has 0 atom stereocenters. The second-order valence-corrected chi connectivity index (χ2v) is 8.62. The number of hydrogen-bond donors (Lipinski definition) is 0. The van der Waals surface area contributed by atoms with Gasteiger partial charge in [-0.25, -0.2) is 9.37 Å². The number of hydrogen-bond acceptors (Lipinski definition) is 6. The molecule has 0 aliphatic rings. The van der Waals surface area contributed by atoms with E-state index in [1.54, 1.807) is 34.9 Å². The Bertz CT molecular complexity index is 1500. The van der Waals surface area contributed by atoms with Crippen LogP contribution in [0.4, 0.5) is 4.39 Å². The maximum Gasteiger partial charge on any atom is 0.262 e. The second kappa shape index (κ2) is 9.17. The topological polar surface area (TPSA) is 73.8 Å². The van der Waals surface area contributed by atoms with Gasteiger partial charge >= 0.3 is 0 Å². The van der Waals surface area contributed by atoms with Gasteiger partial charge in [0.2, 0.25) is 11.7 Å². The lowest BCUT2D eigenvalue weighted by Crippen LogP contribution is -2.24. The Morgan fingerprint density at radius 1 is 1.00 bits per heavy atom. The van der Waals surface area contributed by atoms with Crippen LogP contribution in [-0.2, 0) is 12.3 Å². The molecule has 0 unspecified atom stereocenters. The van der Waals surface area contributed by atoms with Crippen LogP contribution in [0.1, 0.15) is 11.5 Å². The smallest absolute Gasteiger partial charge is 0.262 e. The van der Waals surface area contributed by atoms with Crippen molar-refractivity contribution in [2.24, 2.45) is 0 Å². The molecule has 3 aromatic carbocycles. The van der Waals surface area contributed by atoms with E-state index in [9.17, 15) is 9.18 Å². The van der Waals surface area contributed by atoms with Crippen molar-refractivity contribution >= 4 is 34.3 Å². The van der Waals surface area contributed by atoms with Gasteiger partial charge in [0, 0.05) is 10.6 Å². The molecular formula is C24H16ClFN4O2S. The zero-order valence-electron chi connectivity index (χ0n) is 17.1. The number of fused-ring (bicyclic) bond motifs is 1. The summed E-state index contributed by atoms with van der Waals surface area (Å²) >= 11 is 7.32. The van der Waals surface area contributed by atoms with Crippen molar-refractivity contribution in [1.29, 1.82) is 0 Å². The third-order valence-corrected chi connectivity index (χ3v) is 6.17. The first-order valence-corrected chi connectivity index (χ1v) is 11.4. The van der Waals surface area contributed by atoms with Gasteiger partial charge in [-0.15, -0.1) is 0 Å². The van der Waals surface area contributed by atoms with Gasteiger partial charge in [-0.1, -0.05) is 64.9 Å². The molecular weight excluding hydrogens is 463 g/mol. The maximum absolute atomic E-state index is 13.5. The monoisotopic (exact) mass is 478 g/mol. The number of nitrogens with zero attached hydrogens (tertiary/aromatic N) is 4. The molecule has 0 fully saturated rings. The molecule has 0 saturated carbocycles. The molecule has 5 aromatic rings. The Hall–Kier alpha value is -3.49. The van der Waals surface area contributed by atoms with Crippen molar-refractivity contribution in [2.75, 3.05) is 0 Å². The van der Waals surface area contributed by atoms with E-state index in [-0.39, 0.29) is 11.4 Å². The first-order chi connectivity index (χ1) is 16.1. The summed E-state index contributed by atoms with van der Waals surface area (Å²) in [6.45, 7) is 0.342. The molecule has 0 aliphatic carbocycles. The standard InChI is InChI=1S/C24H16ClFN4O2S/c25-17-10-8-15(9-11-17)13-30-23(31)19-6-1-2-7-20(19)27-24(30)33-14-21-28-22(29-32-21)16-4-3-5-18(26)12-16/h1-12H,13-14H2. The third-order valence-electron chi connectivity index (χ3n) is 4.96. The maximum atomic E-state index is 13.5. The van der Waals surface area contributed by atoms with Crippen molar-refractivity contribution < 1.29 is 8.91 Å². The van der Waals surface area contributed by atoms with Crippen LogP contribution < -0.4 is 5.56 Å². The highest BCUT2D eigenvalue weighted by Gasteiger charge is 2.15. The molecule has 2 heterocycles. The molecule has 9 heteroatoms. The number of para-hydroxylation sites is 1. The van der Waals surface area contributed by atoms with E-state index >= 15 is 0 Å². The molecule has 5 rings (SSSR count). The first-order valence-electron chi connectivity index (χ1n) is 10.0. The Morgan fingerprint density at radius 3 is 2.64 bits per heavy atom. The van der Waals surface area contributed by atoms with Gasteiger partial charge in [-0.2, -0.15) is 4.98 Å². The second-order valence-electron chi connectivity index (χ2n) is 7.24. The lowest BCUT2D eigenvalue weighted by atomic mass is 10.2. The van der Waals surface area contributed by atoms with Crippen LogP contribution >= 0.6 is 23.4 Å². The zero-order valence-corrected chi connectivity index (χ0v) is 18.7. The third kappa shape index (κ3) is 4.67. The summed E-state index contributed by atoms with van der Waals surface area (Å²) in [5.41, 5.74) is 1.93. The summed E-state index contributed by atoms with van der Waals surface area (Å²) in [6.07, 6.45) is 0. The van der Waals surface area contributed by atoms with Gasteiger partial charge in [-0.3, -0.25) is 9.36 Å². The molecule has 0 N–H and O–H groups in total. The van der Waals surface area contributed by atoms with E-state index in [0.717, 1.165) is 5.56 Å². The first kappa shape index (κ1) is 21.4. The summed E-state index contributed by atoms with van der Waals surface area (Å²) in [4.78, 5) is 22.3. The van der Waals surface area contributed by atoms with Crippen LogP contribution in [0.3, 0.4) is 0 Å². The highest BCUT2D eigenvalue weighted by atomic mass is 35.5. The summed E-state index contributed by atoms with van der Waals surface area (Å²) in [6, 6.07) is 20.6. The van der Waals surface area contributed by atoms with Crippen molar-refractivity contribution in [1.82, 2.24) is 19.7 Å². The molecule has 0 amide bonds. The molecule has 164 valence electrons. The molecule has 0 saturated heterocycles.